The van der Waals surface area contributed by atoms with E-state index in [9.17, 15) is 19.0 Å². The van der Waals surface area contributed by atoms with Crippen molar-refractivity contribution in [2.75, 3.05) is 19.6 Å². The fourth-order valence-corrected chi connectivity index (χ4v) is 7.63. The fourth-order valence-electron chi connectivity index (χ4n) is 7.63. The molecule has 4 rings (SSSR count). The molecule has 0 amide bonds. The number of aliphatic hydroxyl groups is 2. The molecule has 0 spiro atoms. The number of likely N-dealkylation sites (tertiary alicyclic amines) is 1. The molecule has 4 aliphatic rings. The fraction of sp³-hybridized carbons (Fsp3) is 0.786. The molecule has 1 heterocycles. The van der Waals surface area contributed by atoms with Gasteiger partial charge in [0.05, 0.1) is 12.2 Å². The molecule has 3 saturated carbocycles. The Kier molecular flexibility index (Phi) is 7.53. The maximum Gasteiger partial charge on any atom is 0.242 e. The lowest BCUT2D eigenvalue weighted by atomic mass is 9.61. The predicted molar refractivity (Wildman–Crippen MR) is 129 cm³/mol. The second-order valence-electron chi connectivity index (χ2n) is 11.8. The minimum atomic E-state index is -2.19. The Morgan fingerprint density at radius 2 is 1.97 bits per heavy atom. The standard InChI is InChI=1S/C28H43F2NO2/c1-17(15-31-13-11-22(16-31)27(29)30)23-9-10-24-20(6-5-12-28(23,24)4)7-8-21-14-25(32)19(3)26(33)18(21)2/h7-8,17,19,22-27,32-33H,2,5-6,9-16H2,1,3-4H3/t17?,19-,22?,23+,24-,25+,26+,28+/m0/s1. The molecule has 8 atom stereocenters. The Labute approximate surface area is 198 Å². The van der Waals surface area contributed by atoms with Crippen LogP contribution in [0.25, 0.3) is 0 Å². The average Bonchev–Trinajstić information content (AvgIpc) is 3.38. The van der Waals surface area contributed by atoms with Crippen molar-refractivity contribution in [2.45, 2.75) is 84.4 Å². The third-order valence-corrected chi connectivity index (χ3v) is 9.74. The summed E-state index contributed by atoms with van der Waals surface area (Å²) in [6, 6.07) is 0. The van der Waals surface area contributed by atoms with Crippen LogP contribution < -0.4 is 0 Å². The van der Waals surface area contributed by atoms with E-state index in [0.29, 0.717) is 37.1 Å². The zero-order chi connectivity index (χ0) is 23.9. The molecule has 4 fully saturated rings. The van der Waals surface area contributed by atoms with Gasteiger partial charge in [0.1, 0.15) is 0 Å². The van der Waals surface area contributed by atoms with E-state index in [1.807, 2.05) is 6.92 Å². The summed E-state index contributed by atoms with van der Waals surface area (Å²) < 4.78 is 26.2. The first kappa shape index (κ1) is 25.1. The van der Waals surface area contributed by atoms with Crippen molar-refractivity contribution >= 4 is 0 Å². The zero-order valence-corrected chi connectivity index (χ0v) is 20.6. The highest BCUT2D eigenvalue weighted by Gasteiger charge is 2.51. The largest absolute Gasteiger partial charge is 0.392 e. The molecule has 0 bridgehead atoms. The summed E-state index contributed by atoms with van der Waals surface area (Å²) in [7, 11) is 0. The van der Waals surface area contributed by atoms with Gasteiger partial charge in [-0.05, 0) is 85.8 Å². The second kappa shape index (κ2) is 9.91. The molecular weight excluding hydrogens is 420 g/mol. The van der Waals surface area contributed by atoms with Crippen molar-refractivity contribution in [3.63, 3.8) is 0 Å². The molecule has 0 aromatic heterocycles. The number of rotatable bonds is 5. The van der Waals surface area contributed by atoms with Crippen molar-refractivity contribution in [1.82, 2.24) is 4.90 Å². The quantitative estimate of drug-likeness (QED) is 0.558. The van der Waals surface area contributed by atoms with Gasteiger partial charge in [-0.2, -0.15) is 0 Å². The molecule has 33 heavy (non-hydrogen) atoms. The van der Waals surface area contributed by atoms with Crippen LogP contribution in [0.1, 0.15) is 65.7 Å². The van der Waals surface area contributed by atoms with Crippen LogP contribution in [0.4, 0.5) is 8.78 Å². The number of alkyl halides is 2. The van der Waals surface area contributed by atoms with E-state index >= 15 is 0 Å². The summed E-state index contributed by atoms with van der Waals surface area (Å²) in [6.45, 7) is 13.1. The average molecular weight is 464 g/mol. The molecule has 1 saturated heterocycles. The highest BCUT2D eigenvalue weighted by atomic mass is 19.3. The van der Waals surface area contributed by atoms with Crippen LogP contribution in [0.15, 0.2) is 35.5 Å². The molecular formula is C28H43F2NO2. The summed E-state index contributed by atoms with van der Waals surface area (Å²) in [5.41, 5.74) is 3.48. The molecule has 3 nitrogen and oxygen atoms in total. The van der Waals surface area contributed by atoms with E-state index in [2.05, 4.69) is 37.5 Å². The SMILES string of the molecule is C=C1C(=CC=C2CCC[C@]3(C)[C@@H](C(C)CN4CCC(C(F)F)C4)CC[C@@H]23)C[C@@H](O)[C@H](C)[C@@H]1O. The van der Waals surface area contributed by atoms with Crippen molar-refractivity contribution < 1.29 is 19.0 Å². The van der Waals surface area contributed by atoms with Gasteiger partial charge in [-0.1, -0.05) is 45.1 Å². The Hall–Kier alpha value is -1.04. The van der Waals surface area contributed by atoms with Crippen molar-refractivity contribution in [2.24, 2.45) is 35.0 Å². The van der Waals surface area contributed by atoms with Gasteiger partial charge in [0.25, 0.3) is 0 Å². The first-order valence-corrected chi connectivity index (χ1v) is 13.1. The minimum absolute atomic E-state index is 0.177. The van der Waals surface area contributed by atoms with Gasteiger partial charge >= 0.3 is 0 Å². The number of aliphatic hydroxyl groups excluding tert-OH is 2. The van der Waals surface area contributed by atoms with Gasteiger partial charge in [-0.3, -0.25) is 0 Å². The number of allylic oxidation sites excluding steroid dienone is 3. The van der Waals surface area contributed by atoms with Crippen LogP contribution in [-0.2, 0) is 0 Å². The molecule has 0 aromatic rings. The molecule has 0 aromatic carbocycles. The van der Waals surface area contributed by atoms with Crippen LogP contribution in [0.3, 0.4) is 0 Å². The lowest BCUT2D eigenvalue weighted by molar-refractivity contribution is 0.0283. The maximum atomic E-state index is 13.1. The molecule has 0 radical (unpaired) electrons. The maximum absolute atomic E-state index is 13.1. The first-order chi connectivity index (χ1) is 15.6. The third kappa shape index (κ3) is 4.88. The second-order valence-corrected chi connectivity index (χ2v) is 11.8. The van der Waals surface area contributed by atoms with Gasteiger partial charge in [0.2, 0.25) is 6.43 Å². The van der Waals surface area contributed by atoms with Crippen LogP contribution in [0, 0.1) is 35.0 Å². The summed E-state index contributed by atoms with van der Waals surface area (Å²) in [4.78, 5) is 2.27. The van der Waals surface area contributed by atoms with Crippen molar-refractivity contribution in [1.29, 1.82) is 0 Å². The Balaban J connectivity index is 1.45. The highest BCUT2D eigenvalue weighted by molar-refractivity contribution is 5.39. The number of hydrogen-bond acceptors (Lipinski definition) is 3. The molecule has 5 heteroatoms. The van der Waals surface area contributed by atoms with Gasteiger partial charge in [0, 0.05) is 24.9 Å². The smallest absolute Gasteiger partial charge is 0.242 e. The van der Waals surface area contributed by atoms with E-state index in [4.69, 9.17) is 0 Å². The Bertz CT molecular complexity index is 793. The summed E-state index contributed by atoms with van der Waals surface area (Å²) in [6.07, 6.45) is 8.10. The summed E-state index contributed by atoms with van der Waals surface area (Å²) in [5, 5.41) is 20.7. The van der Waals surface area contributed by atoms with E-state index in [-0.39, 0.29) is 11.3 Å². The third-order valence-electron chi connectivity index (χ3n) is 9.74. The number of fused-ring (bicyclic) bond motifs is 1. The first-order valence-electron chi connectivity index (χ1n) is 13.1. The normalized spacial score (nSPS) is 43.6. The van der Waals surface area contributed by atoms with Crippen LogP contribution >= 0.6 is 0 Å². The van der Waals surface area contributed by atoms with E-state index in [1.165, 1.54) is 31.3 Å². The van der Waals surface area contributed by atoms with E-state index in [1.54, 1.807) is 0 Å². The minimum Gasteiger partial charge on any atom is -0.392 e. The monoisotopic (exact) mass is 463 g/mol. The van der Waals surface area contributed by atoms with E-state index in [0.717, 1.165) is 30.7 Å². The van der Waals surface area contributed by atoms with Gasteiger partial charge < -0.3 is 15.1 Å². The topological polar surface area (TPSA) is 43.7 Å². The van der Waals surface area contributed by atoms with E-state index < -0.39 is 24.6 Å². The summed E-state index contributed by atoms with van der Waals surface area (Å²) in [5.74, 6) is 1.08. The number of nitrogens with zero attached hydrogens (tertiary/aromatic N) is 1. The Morgan fingerprint density at radius 3 is 2.67 bits per heavy atom. The van der Waals surface area contributed by atoms with Gasteiger partial charge in [0.15, 0.2) is 0 Å². The van der Waals surface area contributed by atoms with Gasteiger partial charge in [-0.15, -0.1) is 0 Å². The van der Waals surface area contributed by atoms with Crippen LogP contribution in [0.2, 0.25) is 0 Å². The molecule has 3 aliphatic carbocycles. The summed E-state index contributed by atoms with van der Waals surface area (Å²) >= 11 is 0. The van der Waals surface area contributed by atoms with Gasteiger partial charge in [-0.25, -0.2) is 8.78 Å². The Morgan fingerprint density at radius 1 is 1.21 bits per heavy atom. The lowest BCUT2D eigenvalue weighted by Gasteiger charge is -2.45. The van der Waals surface area contributed by atoms with Crippen LogP contribution in [0.5, 0.6) is 0 Å². The van der Waals surface area contributed by atoms with Crippen molar-refractivity contribution in [3.8, 4) is 0 Å². The van der Waals surface area contributed by atoms with Crippen LogP contribution in [-0.4, -0.2) is 53.4 Å². The molecule has 186 valence electrons. The zero-order valence-electron chi connectivity index (χ0n) is 20.6. The number of halogens is 2. The highest BCUT2D eigenvalue weighted by Crippen LogP contribution is 2.59. The predicted octanol–water partition coefficient (Wildman–Crippen LogP) is 5.60. The molecule has 1 aliphatic heterocycles. The number of hydrogen-bond donors (Lipinski definition) is 2. The van der Waals surface area contributed by atoms with Crippen molar-refractivity contribution in [3.05, 3.63) is 35.5 Å². The molecule has 2 N–H and O–H groups in total. The lowest BCUT2D eigenvalue weighted by Crippen LogP contribution is -2.39. The molecule has 2 unspecified atom stereocenters.